The number of amides is 1. The molecule has 0 aromatic carbocycles. The van der Waals surface area contributed by atoms with E-state index in [2.05, 4.69) is 10.3 Å². The van der Waals surface area contributed by atoms with Crippen LogP contribution < -0.4 is 5.32 Å². The van der Waals surface area contributed by atoms with E-state index in [0.717, 1.165) is 0 Å². The largest absolute Gasteiger partial charge is 0.506 e. The summed E-state index contributed by atoms with van der Waals surface area (Å²) in [6, 6.07) is 3.98. The van der Waals surface area contributed by atoms with Crippen molar-refractivity contribution >= 4 is 5.91 Å². The zero-order valence-electron chi connectivity index (χ0n) is 9.41. The molecule has 1 unspecified atom stereocenters. The van der Waals surface area contributed by atoms with Crippen LogP contribution in [-0.4, -0.2) is 27.7 Å². The lowest BCUT2D eigenvalue weighted by atomic mass is 10.2. The molecule has 0 fully saturated rings. The monoisotopic (exact) mass is 248 g/mol. The van der Waals surface area contributed by atoms with Crippen LogP contribution in [0.2, 0.25) is 0 Å². The number of rotatable bonds is 4. The molecule has 6 nitrogen and oxygen atoms in total. The third-order valence-electron chi connectivity index (χ3n) is 2.36. The van der Waals surface area contributed by atoms with Crippen LogP contribution in [0, 0.1) is 0 Å². The van der Waals surface area contributed by atoms with Crippen molar-refractivity contribution in [3.63, 3.8) is 0 Å². The Labute approximate surface area is 103 Å². The number of nitrogens with one attached hydrogen (secondary N) is 1. The molecule has 1 amide bonds. The van der Waals surface area contributed by atoms with E-state index in [1.165, 1.54) is 24.7 Å². The number of aromatic nitrogens is 1. The average Bonchev–Trinajstić information content (AvgIpc) is 2.89. The SMILES string of the molecule is O=C(NC(CO)c1ccco1)c1cncc(O)c1. The fourth-order valence-electron chi connectivity index (χ4n) is 1.49. The number of aliphatic hydroxyl groups excluding tert-OH is 1. The van der Waals surface area contributed by atoms with Gasteiger partial charge in [-0.2, -0.15) is 0 Å². The van der Waals surface area contributed by atoms with Crippen molar-refractivity contribution in [1.82, 2.24) is 10.3 Å². The number of aliphatic hydroxyl groups is 1. The Morgan fingerprint density at radius 1 is 1.50 bits per heavy atom. The van der Waals surface area contributed by atoms with Crippen LogP contribution in [-0.2, 0) is 0 Å². The molecule has 0 saturated heterocycles. The molecular weight excluding hydrogens is 236 g/mol. The molecule has 2 aromatic rings. The van der Waals surface area contributed by atoms with E-state index in [1.54, 1.807) is 12.1 Å². The maximum atomic E-state index is 11.8. The molecule has 0 radical (unpaired) electrons. The first-order valence-electron chi connectivity index (χ1n) is 5.30. The first kappa shape index (κ1) is 12.1. The third-order valence-corrected chi connectivity index (χ3v) is 2.36. The first-order chi connectivity index (χ1) is 8.70. The molecule has 1 atom stereocenters. The average molecular weight is 248 g/mol. The summed E-state index contributed by atoms with van der Waals surface area (Å²) in [6.45, 7) is -0.286. The van der Waals surface area contributed by atoms with Crippen LogP contribution in [0.4, 0.5) is 0 Å². The number of hydrogen-bond acceptors (Lipinski definition) is 5. The van der Waals surface area contributed by atoms with Gasteiger partial charge in [-0.3, -0.25) is 9.78 Å². The van der Waals surface area contributed by atoms with Gasteiger partial charge in [0.25, 0.3) is 5.91 Å². The molecular formula is C12H12N2O4. The lowest BCUT2D eigenvalue weighted by Crippen LogP contribution is -2.30. The molecule has 0 aliphatic rings. The molecule has 2 heterocycles. The van der Waals surface area contributed by atoms with Crippen molar-refractivity contribution in [3.8, 4) is 5.75 Å². The molecule has 0 saturated carbocycles. The zero-order valence-corrected chi connectivity index (χ0v) is 9.41. The Kier molecular flexibility index (Phi) is 3.59. The van der Waals surface area contributed by atoms with Crippen molar-refractivity contribution in [1.29, 1.82) is 0 Å². The molecule has 0 aliphatic carbocycles. The Bertz CT molecular complexity index is 525. The number of nitrogens with zero attached hydrogens (tertiary/aromatic N) is 1. The number of carbonyl (C=O) groups excluding carboxylic acids is 1. The number of hydrogen-bond donors (Lipinski definition) is 3. The lowest BCUT2D eigenvalue weighted by Gasteiger charge is -2.13. The van der Waals surface area contributed by atoms with Gasteiger partial charge < -0.3 is 19.9 Å². The van der Waals surface area contributed by atoms with Gasteiger partial charge in [-0.05, 0) is 18.2 Å². The molecule has 18 heavy (non-hydrogen) atoms. The van der Waals surface area contributed by atoms with Crippen molar-refractivity contribution < 1.29 is 19.4 Å². The second kappa shape index (κ2) is 5.33. The van der Waals surface area contributed by atoms with Crippen LogP contribution >= 0.6 is 0 Å². The summed E-state index contributed by atoms with van der Waals surface area (Å²) in [5.74, 6) is -0.0889. The molecule has 0 aliphatic heterocycles. The zero-order chi connectivity index (χ0) is 13.0. The fraction of sp³-hybridized carbons (Fsp3) is 0.167. The van der Waals surface area contributed by atoms with E-state index < -0.39 is 11.9 Å². The quantitative estimate of drug-likeness (QED) is 0.745. The minimum absolute atomic E-state index is 0.0961. The van der Waals surface area contributed by atoms with E-state index in [1.807, 2.05) is 0 Å². The van der Waals surface area contributed by atoms with E-state index >= 15 is 0 Å². The minimum atomic E-state index is -0.630. The number of carbonyl (C=O) groups is 1. The molecule has 94 valence electrons. The van der Waals surface area contributed by atoms with E-state index in [9.17, 15) is 15.0 Å². The van der Waals surface area contributed by atoms with Gasteiger partial charge in [0.05, 0.1) is 24.6 Å². The predicted octanol–water partition coefficient (Wildman–Crippen LogP) is 0.844. The smallest absolute Gasteiger partial charge is 0.253 e. The molecule has 3 N–H and O–H groups in total. The van der Waals surface area contributed by atoms with Crippen molar-refractivity contribution in [2.75, 3.05) is 6.61 Å². The topological polar surface area (TPSA) is 95.6 Å². The van der Waals surface area contributed by atoms with Crippen LogP contribution in [0.1, 0.15) is 22.2 Å². The number of aromatic hydroxyl groups is 1. The van der Waals surface area contributed by atoms with Crippen molar-refractivity contribution in [3.05, 3.63) is 48.2 Å². The Morgan fingerprint density at radius 3 is 2.94 bits per heavy atom. The van der Waals surface area contributed by atoms with Gasteiger partial charge in [-0.1, -0.05) is 0 Å². The highest BCUT2D eigenvalue weighted by atomic mass is 16.3. The second-order valence-electron chi connectivity index (χ2n) is 3.66. The second-order valence-corrected chi connectivity index (χ2v) is 3.66. The number of pyridine rings is 1. The summed E-state index contributed by atoms with van der Waals surface area (Å²) < 4.78 is 5.11. The molecule has 2 aromatic heterocycles. The van der Waals surface area contributed by atoms with Crippen molar-refractivity contribution in [2.24, 2.45) is 0 Å². The minimum Gasteiger partial charge on any atom is -0.506 e. The van der Waals surface area contributed by atoms with E-state index in [4.69, 9.17) is 4.42 Å². The summed E-state index contributed by atoms with van der Waals surface area (Å²) in [5, 5.41) is 21.0. The summed E-state index contributed by atoms with van der Waals surface area (Å²) in [4.78, 5) is 15.6. The van der Waals surface area contributed by atoms with Gasteiger partial charge in [0.15, 0.2) is 0 Å². The summed E-state index contributed by atoms with van der Waals surface area (Å²) in [5.41, 5.74) is 0.208. The normalized spacial score (nSPS) is 12.1. The Morgan fingerprint density at radius 2 is 2.33 bits per heavy atom. The van der Waals surface area contributed by atoms with Gasteiger partial charge in [0.1, 0.15) is 17.6 Å². The Hall–Kier alpha value is -2.34. The highest BCUT2D eigenvalue weighted by Crippen LogP contribution is 2.14. The summed E-state index contributed by atoms with van der Waals surface area (Å²) in [7, 11) is 0. The Balaban J connectivity index is 2.11. The van der Waals surface area contributed by atoms with Crippen LogP contribution in [0.15, 0.2) is 41.3 Å². The van der Waals surface area contributed by atoms with Gasteiger partial charge >= 0.3 is 0 Å². The van der Waals surface area contributed by atoms with Gasteiger partial charge in [0.2, 0.25) is 0 Å². The molecule has 0 bridgehead atoms. The standard InChI is InChI=1S/C12H12N2O4/c15-7-10(11-2-1-3-18-11)14-12(17)8-4-9(16)6-13-5-8/h1-6,10,15-16H,7H2,(H,14,17). The van der Waals surface area contributed by atoms with Crippen LogP contribution in [0.3, 0.4) is 0 Å². The summed E-state index contributed by atoms with van der Waals surface area (Å²) in [6.07, 6.45) is 4.01. The van der Waals surface area contributed by atoms with Crippen molar-refractivity contribution in [2.45, 2.75) is 6.04 Å². The van der Waals surface area contributed by atoms with Crippen LogP contribution in [0.5, 0.6) is 5.75 Å². The number of furan rings is 1. The maximum absolute atomic E-state index is 11.8. The fourth-order valence-corrected chi connectivity index (χ4v) is 1.49. The lowest BCUT2D eigenvalue weighted by molar-refractivity contribution is 0.0906. The van der Waals surface area contributed by atoms with E-state index in [0.29, 0.717) is 5.76 Å². The summed E-state index contributed by atoms with van der Waals surface area (Å²) >= 11 is 0. The predicted molar refractivity (Wildman–Crippen MR) is 61.9 cm³/mol. The third kappa shape index (κ3) is 2.67. The van der Waals surface area contributed by atoms with E-state index in [-0.39, 0.29) is 17.9 Å². The van der Waals surface area contributed by atoms with Gasteiger partial charge in [0, 0.05) is 6.20 Å². The molecule has 6 heteroatoms. The first-order valence-corrected chi connectivity index (χ1v) is 5.30. The van der Waals surface area contributed by atoms with Gasteiger partial charge in [-0.15, -0.1) is 0 Å². The molecule has 2 rings (SSSR count). The highest BCUT2D eigenvalue weighted by Gasteiger charge is 2.17. The highest BCUT2D eigenvalue weighted by molar-refractivity contribution is 5.94. The van der Waals surface area contributed by atoms with Crippen LogP contribution in [0.25, 0.3) is 0 Å². The molecule has 0 spiro atoms. The van der Waals surface area contributed by atoms with Gasteiger partial charge in [-0.25, -0.2) is 0 Å². The maximum Gasteiger partial charge on any atom is 0.253 e.